The normalized spacial score (nSPS) is 16.7. The average molecular weight is 374 g/mol. The van der Waals surface area contributed by atoms with E-state index in [4.69, 9.17) is 0 Å². The van der Waals surface area contributed by atoms with Gasteiger partial charge in [-0.3, -0.25) is 9.88 Å². The largest absolute Gasteiger partial charge is 0.299 e. The zero-order chi connectivity index (χ0) is 18.6. The minimum Gasteiger partial charge on any atom is -0.299 e. The highest BCUT2D eigenvalue weighted by atomic mass is 32.2. The van der Waals surface area contributed by atoms with E-state index in [1.807, 2.05) is 32.2 Å². The Kier molecular flexibility index (Phi) is 6.06. The van der Waals surface area contributed by atoms with Gasteiger partial charge in [0.25, 0.3) is 0 Å². The molecule has 1 saturated heterocycles. The highest BCUT2D eigenvalue weighted by molar-refractivity contribution is 7.89. The van der Waals surface area contributed by atoms with Crippen LogP contribution in [0.3, 0.4) is 0 Å². The Bertz CT molecular complexity index is 829. The van der Waals surface area contributed by atoms with Crippen molar-refractivity contribution in [2.24, 2.45) is 5.92 Å². The third kappa shape index (κ3) is 4.90. The molecule has 2 aromatic rings. The number of aryl methyl sites for hydroxylation is 2. The Hall–Kier alpha value is -1.76. The van der Waals surface area contributed by atoms with Gasteiger partial charge in [-0.2, -0.15) is 0 Å². The molecule has 1 fully saturated rings. The summed E-state index contributed by atoms with van der Waals surface area (Å²) in [5, 5.41) is 0. The molecule has 2 heterocycles. The number of aromatic nitrogens is 1. The quantitative estimate of drug-likeness (QED) is 0.846. The standard InChI is InChI=1S/C20H27N3O2S/c1-16-5-6-20(12-17(16)2)26(24,25)22-14-18-7-10-23(11-8-18)15-19-4-3-9-21-13-19/h3-6,9,12-13,18,22H,7-8,10-11,14-15H2,1-2H3. The van der Waals surface area contributed by atoms with Gasteiger partial charge in [-0.05, 0) is 80.6 Å². The van der Waals surface area contributed by atoms with Crippen LogP contribution in [0, 0.1) is 19.8 Å². The first-order chi connectivity index (χ1) is 12.4. The molecular formula is C20H27N3O2S. The number of benzene rings is 1. The van der Waals surface area contributed by atoms with Crippen LogP contribution in [0.15, 0.2) is 47.6 Å². The van der Waals surface area contributed by atoms with Crippen LogP contribution in [-0.4, -0.2) is 37.9 Å². The molecule has 0 unspecified atom stereocenters. The van der Waals surface area contributed by atoms with E-state index in [-0.39, 0.29) is 0 Å². The van der Waals surface area contributed by atoms with Crippen molar-refractivity contribution in [3.63, 3.8) is 0 Å². The molecule has 0 atom stereocenters. The summed E-state index contributed by atoms with van der Waals surface area (Å²) >= 11 is 0. The van der Waals surface area contributed by atoms with Gasteiger partial charge in [-0.25, -0.2) is 13.1 Å². The molecule has 1 N–H and O–H groups in total. The molecule has 26 heavy (non-hydrogen) atoms. The summed E-state index contributed by atoms with van der Waals surface area (Å²) in [7, 11) is -3.43. The highest BCUT2D eigenvalue weighted by Crippen LogP contribution is 2.20. The number of piperidine rings is 1. The summed E-state index contributed by atoms with van der Waals surface area (Å²) < 4.78 is 27.8. The topological polar surface area (TPSA) is 62.3 Å². The summed E-state index contributed by atoms with van der Waals surface area (Å²) in [5.74, 6) is 0.390. The van der Waals surface area contributed by atoms with E-state index in [9.17, 15) is 8.42 Å². The zero-order valence-electron chi connectivity index (χ0n) is 15.5. The van der Waals surface area contributed by atoms with Crippen molar-refractivity contribution in [2.45, 2.75) is 38.1 Å². The van der Waals surface area contributed by atoms with Crippen LogP contribution in [0.25, 0.3) is 0 Å². The molecule has 0 spiro atoms. The lowest BCUT2D eigenvalue weighted by atomic mass is 9.97. The summed E-state index contributed by atoms with van der Waals surface area (Å²) in [4.78, 5) is 6.92. The fourth-order valence-corrected chi connectivity index (χ4v) is 4.49. The second-order valence-corrected chi connectivity index (χ2v) is 8.95. The monoisotopic (exact) mass is 373 g/mol. The Morgan fingerprint density at radius 1 is 1.15 bits per heavy atom. The molecule has 0 radical (unpaired) electrons. The molecule has 5 nitrogen and oxygen atoms in total. The van der Waals surface area contributed by atoms with E-state index in [1.54, 1.807) is 18.3 Å². The Labute approximate surface area is 156 Å². The van der Waals surface area contributed by atoms with Crippen LogP contribution in [0.4, 0.5) is 0 Å². The van der Waals surface area contributed by atoms with E-state index in [0.717, 1.165) is 43.6 Å². The first-order valence-electron chi connectivity index (χ1n) is 9.12. The Morgan fingerprint density at radius 2 is 1.92 bits per heavy atom. The maximum atomic E-state index is 12.5. The SMILES string of the molecule is Cc1ccc(S(=O)(=O)NCC2CCN(Cc3cccnc3)CC2)cc1C. The van der Waals surface area contributed by atoms with Crippen LogP contribution < -0.4 is 4.72 Å². The number of pyridine rings is 1. The van der Waals surface area contributed by atoms with Gasteiger partial charge < -0.3 is 0 Å². The molecule has 1 aromatic carbocycles. The number of rotatable bonds is 6. The summed E-state index contributed by atoms with van der Waals surface area (Å²) in [6.07, 6.45) is 5.71. The van der Waals surface area contributed by atoms with Gasteiger partial charge in [0.15, 0.2) is 0 Å². The molecule has 0 bridgehead atoms. The number of likely N-dealkylation sites (tertiary alicyclic amines) is 1. The molecular weight excluding hydrogens is 346 g/mol. The van der Waals surface area contributed by atoms with Crippen LogP contribution in [-0.2, 0) is 16.6 Å². The van der Waals surface area contributed by atoms with Crippen LogP contribution in [0.5, 0.6) is 0 Å². The van der Waals surface area contributed by atoms with Crippen LogP contribution in [0.2, 0.25) is 0 Å². The summed E-state index contributed by atoms with van der Waals surface area (Å²) in [6.45, 7) is 7.32. The van der Waals surface area contributed by atoms with E-state index in [2.05, 4.69) is 20.7 Å². The molecule has 0 amide bonds. The third-order valence-electron chi connectivity index (χ3n) is 5.19. The van der Waals surface area contributed by atoms with Crippen molar-refractivity contribution >= 4 is 10.0 Å². The number of hydrogen-bond acceptors (Lipinski definition) is 4. The second-order valence-electron chi connectivity index (χ2n) is 7.18. The van der Waals surface area contributed by atoms with Crippen molar-refractivity contribution in [3.05, 3.63) is 59.4 Å². The van der Waals surface area contributed by atoms with Gasteiger partial charge in [0, 0.05) is 25.5 Å². The molecule has 1 aromatic heterocycles. The summed E-state index contributed by atoms with van der Waals surface area (Å²) in [6, 6.07) is 9.34. The molecule has 1 aliphatic heterocycles. The van der Waals surface area contributed by atoms with Gasteiger partial charge in [-0.15, -0.1) is 0 Å². The van der Waals surface area contributed by atoms with E-state index >= 15 is 0 Å². The molecule has 0 aliphatic carbocycles. The number of nitrogens with zero attached hydrogens (tertiary/aromatic N) is 2. The predicted molar refractivity (Wildman–Crippen MR) is 103 cm³/mol. The molecule has 0 saturated carbocycles. The van der Waals surface area contributed by atoms with Crippen molar-refractivity contribution in [2.75, 3.05) is 19.6 Å². The molecule has 6 heteroatoms. The molecule has 1 aliphatic rings. The van der Waals surface area contributed by atoms with Gasteiger partial charge >= 0.3 is 0 Å². The lowest BCUT2D eigenvalue weighted by Gasteiger charge is -2.31. The van der Waals surface area contributed by atoms with Crippen molar-refractivity contribution < 1.29 is 8.42 Å². The number of nitrogens with one attached hydrogen (secondary N) is 1. The predicted octanol–water partition coefficient (Wildman–Crippen LogP) is 2.89. The fourth-order valence-electron chi connectivity index (χ4n) is 3.29. The molecule has 140 valence electrons. The zero-order valence-corrected chi connectivity index (χ0v) is 16.3. The fraction of sp³-hybridized carbons (Fsp3) is 0.450. The minimum atomic E-state index is -3.43. The number of hydrogen-bond donors (Lipinski definition) is 1. The Morgan fingerprint density at radius 3 is 2.58 bits per heavy atom. The van der Waals surface area contributed by atoms with Crippen molar-refractivity contribution in [3.8, 4) is 0 Å². The first-order valence-corrected chi connectivity index (χ1v) is 10.6. The van der Waals surface area contributed by atoms with E-state index in [1.165, 1.54) is 5.56 Å². The smallest absolute Gasteiger partial charge is 0.240 e. The van der Waals surface area contributed by atoms with E-state index < -0.39 is 10.0 Å². The second kappa shape index (κ2) is 8.29. The highest BCUT2D eigenvalue weighted by Gasteiger charge is 2.22. The number of sulfonamides is 1. The first kappa shape index (κ1) is 19.0. The lowest BCUT2D eigenvalue weighted by Crippen LogP contribution is -2.38. The minimum absolute atomic E-state index is 0.356. The van der Waals surface area contributed by atoms with Gasteiger partial charge in [0.05, 0.1) is 4.90 Å². The average Bonchev–Trinajstić information content (AvgIpc) is 2.64. The molecule has 3 rings (SSSR count). The van der Waals surface area contributed by atoms with Crippen LogP contribution >= 0.6 is 0 Å². The summed E-state index contributed by atoms with van der Waals surface area (Å²) in [5.41, 5.74) is 3.32. The maximum Gasteiger partial charge on any atom is 0.240 e. The maximum absolute atomic E-state index is 12.5. The lowest BCUT2D eigenvalue weighted by molar-refractivity contribution is 0.178. The Balaban J connectivity index is 1.49. The third-order valence-corrected chi connectivity index (χ3v) is 6.61. The van der Waals surface area contributed by atoms with Crippen molar-refractivity contribution in [1.82, 2.24) is 14.6 Å². The van der Waals surface area contributed by atoms with Crippen LogP contribution in [0.1, 0.15) is 29.5 Å². The van der Waals surface area contributed by atoms with Gasteiger partial charge in [-0.1, -0.05) is 12.1 Å². The van der Waals surface area contributed by atoms with Crippen molar-refractivity contribution in [1.29, 1.82) is 0 Å². The van der Waals surface area contributed by atoms with Gasteiger partial charge in [0.1, 0.15) is 0 Å². The van der Waals surface area contributed by atoms with E-state index in [0.29, 0.717) is 17.4 Å². The van der Waals surface area contributed by atoms with Gasteiger partial charge in [0.2, 0.25) is 10.0 Å².